The van der Waals surface area contributed by atoms with Crippen LogP contribution in [0.5, 0.6) is 5.75 Å². The number of methoxy groups -OCH3 is 2. The SMILES string of the molecule is CCNC(=O)NC1(CCOC)CCN(S(=O)(=O)c2cccc(OC)c2)CC1. The second-order valence-corrected chi connectivity index (χ2v) is 8.53. The van der Waals surface area contributed by atoms with Gasteiger partial charge in [-0.15, -0.1) is 0 Å². The van der Waals surface area contributed by atoms with Gasteiger partial charge in [-0.05, 0) is 38.3 Å². The van der Waals surface area contributed by atoms with Crippen LogP contribution in [-0.4, -0.2) is 64.8 Å². The molecule has 2 rings (SSSR count). The van der Waals surface area contributed by atoms with Gasteiger partial charge in [0.15, 0.2) is 0 Å². The molecule has 0 aliphatic carbocycles. The first-order valence-electron chi connectivity index (χ1n) is 9.06. The Morgan fingerprint density at radius 1 is 1.26 bits per heavy atom. The maximum atomic E-state index is 13.0. The van der Waals surface area contributed by atoms with Crippen LogP contribution >= 0.6 is 0 Å². The van der Waals surface area contributed by atoms with Crippen molar-refractivity contribution < 1.29 is 22.7 Å². The lowest BCUT2D eigenvalue weighted by molar-refractivity contribution is 0.122. The van der Waals surface area contributed by atoms with Gasteiger partial charge >= 0.3 is 6.03 Å². The number of rotatable bonds is 8. The van der Waals surface area contributed by atoms with Crippen molar-refractivity contribution in [3.05, 3.63) is 24.3 Å². The van der Waals surface area contributed by atoms with Crippen LogP contribution in [0.1, 0.15) is 26.2 Å². The molecule has 1 saturated heterocycles. The Morgan fingerprint density at radius 2 is 1.96 bits per heavy atom. The van der Waals surface area contributed by atoms with Gasteiger partial charge in [-0.2, -0.15) is 4.31 Å². The third-order valence-electron chi connectivity index (χ3n) is 4.86. The van der Waals surface area contributed by atoms with Gasteiger partial charge in [0.05, 0.1) is 12.0 Å². The maximum absolute atomic E-state index is 13.0. The van der Waals surface area contributed by atoms with E-state index in [1.165, 1.54) is 17.5 Å². The van der Waals surface area contributed by atoms with Gasteiger partial charge in [-0.3, -0.25) is 0 Å². The summed E-state index contributed by atoms with van der Waals surface area (Å²) in [6.07, 6.45) is 1.68. The van der Waals surface area contributed by atoms with Crippen molar-refractivity contribution in [3.63, 3.8) is 0 Å². The summed E-state index contributed by atoms with van der Waals surface area (Å²) in [5, 5.41) is 5.76. The molecular weight excluding hydrogens is 370 g/mol. The number of piperidine rings is 1. The normalized spacial score (nSPS) is 17.3. The quantitative estimate of drug-likeness (QED) is 0.692. The van der Waals surface area contributed by atoms with Crippen LogP contribution < -0.4 is 15.4 Å². The van der Waals surface area contributed by atoms with Crippen molar-refractivity contribution in [1.82, 2.24) is 14.9 Å². The van der Waals surface area contributed by atoms with E-state index in [-0.39, 0.29) is 10.9 Å². The largest absolute Gasteiger partial charge is 0.497 e. The van der Waals surface area contributed by atoms with Gasteiger partial charge in [0, 0.05) is 45.0 Å². The molecule has 0 unspecified atom stereocenters. The highest BCUT2D eigenvalue weighted by molar-refractivity contribution is 7.89. The van der Waals surface area contributed by atoms with E-state index in [1.54, 1.807) is 25.3 Å². The Bertz CT molecular complexity index is 730. The van der Waals surface area contributed by atoms with E-state index >= 15 is 0 Å². The van der Waals surface area contributed by atoms with Crippen LogP contribution in [0.2, 0.25) is 0 Å². The molecule has 2 N–H and O–H groups in total. The van der Waals surface area contributed by atoms with Gasteiger partial charge in [-0.25, -0.2) is 13.2 Å². The van der Waals surface area contributed by atoms with Crippen molar-refractivity contribution >= 4 is 16.1 Å². The minimum atomic E-state index is -3.61. The topological polar surface area (TPSA) is 97.0 Å². The summed E-state index contributed by atoms with van der Waals surface area (Å²) in [5.74, 6) is 0.500. The average Bonchev–Trinajstić information content (AvgIpc) is 2.67. The highest BCUT2D eigenvalue weighted by Gasteiger charge is 2.39. The van der Waals surface area contributed by atoms with Crippen LogP contribution in [0, 0.1) is 0 Å². The van der Waals surface area contributed by atoms with Crippen molar-refractivity contribution in [2.75, 3.05) is 40.5 Å². The zero-order chi connectivity index (χ0) is 19.9. The summed E-state index contributed by atoms with van der Waals surface area (Å²) in [4.78, 5) is 12.3. The number of nitrogens with zero attached hydrogens (tertiary/aromatic N) is 1. The molecule has 0 spiro atoms. The summed E-state index contributed by atoms with van der Waals surface area (Å²) in [6, 6.07) is 6.22. The summed E-state index contributed by atoms with van der Waals surface area (Å²) in [7, 11) is -0.493. The Hall–Kier alpha value is -1.84. The summed E-state index contributed by atoms with van der Waals surface area (Å²) >= 11 is 0. The molecule has 1 aliphatic rings. The highest BCUT2D eigenvalue weighted by Crippen LogP contribution is 2.30. The number of hydrogen-bond donors (Lipinski definition) is 2. The van der Waals surface area contributed by atoms with Gasteiger partial charge < -0.3 is 20.1 Å². The van der Waals surface area contributed by atoms with E-state index in [9.17, 15) is 13.2 Å². The van der Waals surface area contributed by atoms with E-state index in [4.69, 9.17) is 9.47 Å². The molecule has 0 radical (unpaired) electrons. The lowest BCUT2D eigenvalue weighted by Crippen LogP contribution is -2.58. The number of hydrogen-bond acceptors (Lipinski definition) is 5. The predicted molar refractivity (Wildman–Crippen MR) is 102 cm³/mol. The van der Waals surface area contributed by atoms with Gasteiger partial charge in [-0.1, -0.05) is 6.07 Å². The second kappa shape index (κ2) is 9.38. The molecule has 152 valence electrons. The Kier molecular flexibility index (Phi) is 7.46. The number of carbonyl (C=O) groups excluding carboxylic acids is 1. The molecule has 0 atom stereocenters. The first kappa shape index (κ1) is 21.5. The van der Waals surface area contributed by atoms with Crippen molar-refractivity contribution in [3.8, 4) is 5.75 Å². The number of ether oxygens (including phenoxy) is 2. The summed E-state index contributed by atoms with van der Waals surface area (Å²) in [5.41, 5.74) is -0.477. The zero-order valence-corrected chi connectivity index (χ0v) is 17.0. The highest BCUT2D eigenvalue weighted by atomic mass is 32.2. The number of benzene rings is 1. The second-order valence-electron chi connectivity index (χ2n) is 6.59. The van der Waals surface area contributed by atoms with Crippen LogP contribution in [0.3, 0.4) is 0 Å². The van der Waals surface area contributed by atoms with Crippen LogP contribution in [0.4, 0.5) is 4.79 Å². The predicted octanol–water partition coefficient (Wildman–Crippen LogP) is 1.57. The average molecular weight is 400 g/mol. The number of amides is 2. The smallest absolute Gasteiger partial charge is 0.315 e. The molecule has 1 aromatic rings. The zero-order valence-electron chi connectivity index (χ0n) is 16.2. The van der Waals surface area contributed by atoms with Crippen LogP contribution in [-0.2, 0) is 14.8 Å². The fourth-order valence-electron chi connectivity index (χ4n) is 3.25. The lowest BCUT2D eigenvalue weighted by atomic mass is 9.85. The third-order valence-corrected chi connectivity index (χ3v) is 6.75. The van der Waals surface area contributed by atoms with E-state index in [0.29, 0.717) is 51.3 Å². The van der Waals surface area contributed by atoms with Crippen LogP contribution in [0.15, 0.2) is 29.2 Å². The van der Waals surface area contributed by atoms with Crippen LogP contribution in [0.25, 0.3) is 0 Å². The molecule has 0 saturated carbocycles. The number of carbonyl (C=O) groups is 1. The monoisotopic (exact) mass is 399 g/mol. The minimum Gasteiger partial charge on any atom is -0.497 e. The van der Waals surface area contributed by atoms with Crippen molar-refractivity contribution in [2.45, 2.75) is 36.6 Å². The molecule has 27 heavy (non-hydrogen) atoms. The van der Waals surface area contributed by atoms with Crippen molar-refractivity contribution in [1.29, 1.82) is 0 Å². The Morgan fingerprint density at radius 3 is 2.56 bits per heavy atom. The molecule has 8 nitrogen and oxygen atoms in total. The third kappa shape index (κ3) is 5.33. The lowest BCUT2D eigenvalue weighted by Gasteiger charge is -2.41. The molecule has 1 aromatic carbocycles. The molecular formula is C18H29N3O5S. The first-order valence-corrected chi connectivity index (χ1v) is 10.5. The fraction of sp³-hybridized carbons (Fsp3) is 0.611. The number of nitrogens with one attached hydrogen (secondary N) is 2. The molecule has 1 heterocycles. The van der Waals surface area contributed by atoms with E-state index in [0.717, 1.165) is 0 Å². The summed E-state index contributed by atoms with van der Waals surface area (Å²) < 4.78 is 37.7. The molecule has 1 fully saturated rings. The molecule has 0 bridgehead atoms. The number of sulfonamides is 1. The number of urea groups is 1. The molecule has 1 aliphatic heterocycles. The first-order chi connectivity index (χ1) is 12.9. The fourth-order valence-corrected chi connectivity index (χ4v) is 4.72. The standard InChI is InChI=1S/C18H29N3O5S/c1-4-19-17(22)20-18(10-13-25-2)8-11-21(12-9-18)27(23,24)16-7-5-6-15(14-16)26-3/h5-7,14H,4,8-13H2,1-3H3,(H2,19,20,22). The van der Waals surface area contributed by atoms with E-state index in [1.807, 2.05) is 6.92 Å². The Labute approximate surface area is 161 Å². The maximum Gasteiger partial charge on any atom is 0.315 e. The molecule has 9 heteroatoms. The minimum absolute atomic E-state index is 0.211. The van der Waals surface area contributed by atoms with E-state index < -0.39 is 15.6 Å². The van der Waals surface area contributed by atoms with E-state index in [2.05, 4.69) is 10.6 Å². The van der Waals surface area contributed by atoms with Crippen molar-refractivity contribution in [2.24, 2.45) is 0 Å². The van der Waals surface area contributed by atoms with Gasteiger partial charge in [0.25, 0.3) is 0 Å². The van der Waals surface area contributed by atoms with Gasteiger partial charge in [0.2, 0.25) is 10.0 Å². The Balaban J connectivity index is 2.12. The molecule has 0 aromatic heterocycles. The van der Waals surface area contributed by atoms with Gasteiger partial charge in [0.1, 0.15) is 5.75 Å². The molecule has 2 amide bonds. The summed E-state index contributed by atoms with van der Waals surface area (Å²) in [6.45, 7) is 3.54.